The highest BCUT2D eigenvalue weighted by Gasteiger charge is 2.30. The molecular formula is C81H126O17P2. The van der Waals surface area contributed by atoms with Crippen LogP contribution in [0.15, 0.2) is 194 Å². The highest BCUT2D eigenvalue weighted by atomic mass is 31.2. The number of carbonyl (C=O) groups is 4. The molecule has 17 nitrogen and oxygen atoms in total. The number of ether oxygens (including phenoxy) is 4. The van der Waals surface area contributed by atoms with Gasteiger partial charge in [0.05, 0.1) is 39.3 Å². The van der Waals surface area contributed by atoms with E-state index in [1.165, 1.54) is 38.5 Å². The summed E-state index contributed by atoms with van der Waals surface area (Å²) in [4.78, 5) is 72.6. The molecule has 5 unspecified atom stereocenters. The van der Waals surface area contributed by atoms with Gasteiger partial charge in [0.25, 0.3) is 0 Å². The summed E-state index contributed by atoms with van der Waals surface area (Å²) in [6.07, 6.45) is 86.6. The Morgan fingerprint density at radius 3 is 0.910 bits per heavy atom. The molecule has 0 aliphatic rings. The van der Waals surface area contributed by atoms with Gasteiger partial charge in [0.15, 0.2) is 12.2 Å². The highest BCUT2D eigenvalue weighted by molar-refractivity contribution is 7.47. The van der Waals surface area contributed by atoms with Gasteiger partial charge in [-0.3, -0.25) is 37.3 Å². The Balaban J connectivity index is 5.54. The molecule has 0 aromatic rings. The maximum atomic E-state index is 13.0. The van der Waals surface area contributed by atoms with Gasteiger partial charge in [-0.15, -0.1) is 0 Å². The predicted octanol–water partition coefficient (Wildman–Crippen LogP) is 21.0. The largest absolute Gasteiger partial charge is 0.472 e. The first-order valence-corrected chi connectivity index (χ1v) is 39.7. The van der Waals surface area contributed by atoms with E-state index in [2.05, 4.69) is 155 Å². The van der Waals surface area contributed by atoms with Crippen LogP contribution < -0.4 is 0 Å². The molecule has 0 saturated heterocycles. The molecule has 19 heteroatoms. The van der Waals surface area contributed by atoms with Crippen molar-refractivity contribution in [3.8, 4) is 0 Å². The number of aliphatic hydroxyl groups is 1. The SMILES string of the molecule is CC/C=C\C/C=C\C/C=C\C/C=C\C/C=C\C/C=C\CCC(=O)OCC(COP(=O)(O)OCC(O)COP(=O)(O)OCC(COC(=O)C/C=C\C/C=C\C/C=C\C/C=C\C/C=C\CC)OC(=O)C/C=C\C/C=C\C/C=C\C/C=C\C/C=C\CC)OC(=O)CCCCCCCCCCCCC. The summed E-state index contributed by atoms with van der Waals surface area (Å²) < 4.78 is 68.0. The van der Waals surface area contributed by atoms with Gasteiger partial charge in [-0.25, -0.2) is 9.13 Å². The van der Waals surface area contributed by atoms with E-state index in [-0.39, 0.29) is 25.7 Å². The van der Waals surface area contributed by atoms with Gasteiger partial charge >= 0.3 is 39.5 Å². The van der Waals surface area contributed by atoms with Gasteiger partial charge in [-0.2, -0.15) is 0 Å². The molecule has 562 valence electrons. The molecule has 0 rings (SSSR count). The monoisotopic (exact) mass is 1430 g/mol. The minimum atomic E-state index is -5.03. The lowest BCUT2D eigenvalue weighted by Gasteiger charge is -2.21. The summed E-state index contributed by atoms with van der Waals surface area (Å²) in [5.41, 5.74) is 0. The van der Waals surface area contributed by atoms with E-state index in [1.54, 1.807) is 24.3 Å². The number of allylic oxidation sites excluding steroid dienone is 30. The van der Waals surface area contributed by atoms with E-state index in [9.17, 15) is 43.2 Å². The van der Waals surface area contributed by atoms with Crippen molar-refractivity contribution < 1.29 is 80.2 Å². The van der Waals surface area contributed by atoms with Crippen LogP contribution in [0, 0.1) is 0 Å². The molecule has 0 aliphatic carbocycles. The topological polar surface area (TPSA) is 237 Å². The Morgan fingerprint density at radius 1 is 0.300 bits per heavy atom. The quantitative estimate of drug-likeness (QED) is 0.0169. The minimum absolute atomic E-state index is 0.0265. The normalized spacial score (nSPS) is 15.1. The Kier molecular flexibility index (Phi) is 67.0. The smallest absolute Gasteiger partial charge is 0.462 e. The third-order valence-corrected chi connectivity index (χ3v) is 16.0. The summed E-state index contributed by atoms with van der Waals surface area (Å²) in [5, 5.41) is 10.6. The second-order valence-corrected chi connectivity index (χ2v) is 26.3. The lowest BCUT2D eigenvalue weighted by Crippen LogP contribution is -2.30. The molecule has 3 N–H and O–H groups in total. The molecule has 5 atom stereocenters. The van der Waals surface area contributed by atoms with Crippen molar-refractivity contribution in [2.24, 2.45) is 0 Å². The standard InChI is InChI=1S/C81H126O17P2/c1-5-9-13-17-21-25-29-32-35-36-37-38-41-43-47-50-54-58-62-66-79(84)91-71-76(97-80(85)67-63-59-55-51-45-28-24-20-16-12-8-4)73-95-99(87,88)93-69-75(82)70-94-100(89,90)96-74-77(98-81(86)68-64-60-56-52-48-44-40-34-31-27-23-19-15-11-7-3)72-92-78(83)65-61-57-53-49-46-42-39-33-30-26-22-18-14-10-6-2/h9-11,13-15,21-23,25-27,32-35,37-40,43,46-49,52,54,57-58,60-61,64,75-77,82H,5-8,12,16-20,24,28-31,36,41-42,44-45,50-51,53,55-56,59,62-63,65-74H2,1-4H3,(H,87,88)(H,89,90)/b13-9-,14-10-,15-11-,25-21-,26-22-,27-23-,35-32-,38-37-,39-33-,40-34-,47-43-,49-46-,52-48-,58-54-,61-57-,64-60-. The zero-order valence-electron chi connectivity index (χ0n) is 61.0. The number of aliphatic hydroxyl groups excluding tert-OH is 1. The van der Waals surface area contributed by atoms with Gasteiger partial charge in [0.2, 0.25) is 0 Å². The number of hydrogen-bond donors (Lipinski definition) is 3. The van der Waals surface area contributed by atoms with E-state index in [0.717, 1.165) is 109 Å². The number of phosphoric ester groups is 2. The Bertz CT molecular complexity index is 2670. The van der Waals surface area contributed by atoms with Gasteiger partial charge in [-0.05, 0) is 116 Å². The number of hydrogen-bond acceptors (Lipinski definition) is 15. The molecule has 0 saturated carbocycles. The second kappa shape index (κ2) is 71.3. The molecular weight excluding hydrogens is 1310 g/mol. The zero-order chi connectivity index (χ0) is 73.2. The fraction of sp³-hybridized carbons (Fsp3) is 0.556. The maximum Gasteiger partial charge on any atom is 0.472 e. The van der Waals surface area contributed by atoms with Gasteiger partial charge in [-0.1, -0.05) is 286 Å². The van der Waals surface area contributed by atoms with Crippen molar-refractivity contribution in [1.82, 2.24) is 0 Å². The van der Waals surface area contributed by atoms with Crippen molar-refractivity contribution in [3.63, 3.8) is 0 Å². The first-order valence-electron chi connectivity index (χ1n) is 36.7. The lowest BCUT2D eigenvalue weighted by molar-refractivity contribution is -0.161. The van der Waals surface area contributed by atoms with Crippen molar-refractivity contribution in [1.29, 1.82) is 0 Å². The van der Waals surface area contributed by atoms with Crippen molar-refractivity contribution >= 4 is 39.5 Å². The molecule has 0 heterocycles. The third kappa shape index (κ3) is 70.3. The van der Waals surface area contributed by atoms with E-state index in [4.69, 9.17) is 37.0 Å². The molecule has 0 fully saturated rings. The second-order valence-electron chi connectivity index (χ2n) is 23.4. The summed E-state index contributed by atoms with van der Waals surface area (Å²) >= 11 is 0. The maximum absolute atomic E-state index is 13.0. The van der Waals surface area contributed by atoms with Crippen LogP contribution in [0.3, 0.4) is 0 Å². The highest BCUT2D eigenvalue weighted by Crippen LogP contribution is 2.45. The first kappa shape index (κ1) is 93.9. The number of unbranched alkanes of at least 4 members (excludes halogenated alkanes) is 10. The average molecular weight is 1430 g/mol. The minimum Gasteiger partial charge on any atom is -0.462 e. The molecule has 0 amide bonds. The summed E-state index contributed by atoms with van der Waals surface area (Å²) in [5.74, 6) is -2.60. The average Bonchev–Trinajstić information content (AvgIpc) is 0.953. The van der Waals surface area contributed by atoms with E-state index in [0.29, 0.717) is 32.1 Å². The predicted molar refractivity (Wildman–Crippen MR) is 408 cm³/mol. The van der Waals surface area contributed by atoms with Crippen LogP contribution in [0.1, 0.15) is 233 Å². The van der Waals surface area contributed by atoms with E-state index >= 15 is 0 Å². The fourth-order valence-electron chi connectivity index (χ4n) is 8.69. The van der Waals surface area contributed by atoms with Crippen LogP contribution in [0.4, 0.5) is 0 Å². The summed E-state index contributed by atoms with van der Waals surface area (Å²) in [7, 11) is -10.0. The number of carbonyl (C=O) groups excluding carboxylic acids is 4. The van der Waals surface area contributed by atoms with Crippen LogP contribution in [-0.2, 0) is 65.4 Å². The first-order chi connectivity index (χ1) is 48.7. The molecule has 0 spiro atoms. The Morgan fingerprint density at radius 2 is 0.570 bits per heavy atom. The lowest BCUT2D eigenvalue weighted by atomic mass is 10.1. The molecule has 100 heavy (non-hydrogen) atoms. The van der Waals surface area contributed by atoms with Crippen LogP contribution in [-0.4, -0.2) is 96.7 Å². The molecule has 0 radical (unpaired) electrons. The fourth-order valence-corrected chi connectivity index (χ4v) is 10.3. The van der Waals surface area contributed by atoms with E-state index in [1.807, 2.05) is 42.5 Å². The van der Waals surface area contributed by atoms with Crippen LogP contribution in [0.2, 0.25) is 0 Å². The summed E-state index contributed by atoms with van der Waals surface area (Å²) in [6.45, 7) is 4.14. The van der Waals surface area contributed by atoms with Crippen LogP contribution in [0.25, 0.3) is 0 Å². The molecule has 0 aliphatic heterocycles. The molecule has 0 aromatic heterocycles. The van der Waals surface area contributed by atoms with Crippen molar-refractivity contribution in [3.05, 3.63) is 194 Å². The van der Waals surface area contributed by atoms with Crippen molar-refractivity contribution in [2.45, 2.75) is 251 Å². The van der Waals surface area contributed by atoms with Gasteiger partial charge in [0.1, 0.15) is 19.3 Å². The van der Waals surface area contributed by atoms with Gasteiger partial charge in [0, 0.05) is 12.8 Å². The molecule has 0 aromatic carbocycles. The Hall–Kier alpha value is -6.10. The third-order valence-electron chi connectivity index (χ3n) is 14.1. The van der Waals surface area contributed by atoms with Crippen LogP contribution in [0.5, 0.6) is 0 Å². The van der Waals surface area contributed by atoms with Crippen LogP contribution >= 0.6 is 15.6 Å². The summed E-state index contributed by atoms with van der Waals surface area (Å²) in [6, 6.07) is 0. The Labute approximate surface area is 602 Å². The molecule has 0 bridgehead atoms. The van der Waals surface area contributed by atoms with Crippen molar-refractivity contribution in [2.75, 3.05) is 39.6 Å². The zero-order valence-corrected chi connectivity index (χ0v) is 62.8. The number of rotatable bonds is 66. The number of esters is 4. The number of phosphoric acid groups is 2. The van der Waals surface area contributed by atoms with E-state index < -0.39 is 97.5 Å². The van der Waals surface area contributed by atoms with Gasteiger partial charge < -0.3 is 33.8 Å².